The first kappa shape index (κ1) is 18.2. The van der Waals surface area contributed by atoms with Crippen LogP contribution >= 0.6 is 0 Å². The Labute approximate surface area is 173 Å². The zero-order valence-corrected chi connectivity index (χ0v) is 16.3. The average molecular weight is 399 g/mol. The summed E-state index contributed by atoms with van der Waals surface area (Å²) in [6.45, 7) is 1.26. The predicted molar refractivity (Wildman–Crippen MR) is 113 cm³/mol. The number of aryl methyl sites for hydroxylation is 1. The molecule has 1 unspecified atom stereocenters. The van der Waals surface area contributed by atoms with Crippen molar-refractivity contribution in [2.45, 2.75) is 19.0 Å². The lowest BCUT2D eigenvalue weighted by atomic mass is 9.93. The molecule has 0 fully saturated rings. The van der Waals surface area contributed by atoms with E-state index >= 15 is 0 Å². The Balaban J connectivity index is 1.53. The minimum Gasteiger partial charge on any atom is -0.503 e. The van der Waals surface area contributed by atoms with Gasteiger partial charge in [-0.1, -0.05) is 18.2 Å². The van der Waals surface area contributed by atoms with E-state index in [1.807, 2.05) is 53.4 Å². The summed E-state index contributed by atoms with van der Waals surface area (Å²) in [6.07, 6.45) is 11.4. The van der Waals surface area contributed by atoms with Gasteiger partial charge in [-0.15, -0.1) is 0 Å². The third kappa shape index (κ3) is 3.04. The third-order valence-corrected chi connectivity index (χ3v) is 5.58. The molecule has 0 saturated heterocycles. The number of pyridine rings is 1. The number of imidazole rings is 1. The van der Waals surface area contributed by atoms with E-state index < -0.39 is 0 Å². The van der Waals surface area contributed by atoms with Crippen LogP contribution in [0.3, 0.4) is 0 Å². The molecule has 4 aromatic rings. The molecule has 7 heteroatoms. The number of aliphatic hydroxyl groups excluding tert-OH is 1. The van der Waals surface area contributed by atoms with Crippen molar-refractivity contribution in [1.82, 2.24) is 24.4 Å². The summed E-state index contributed by atoms with van der Waals surface area (Å²) in [7, 11) is 0. The van der Waals surface area contributed by atoms with E-state index in [9.17, 15) is 9.90 Å². The maximum absolute atomic E-state index is 13.1. The lowest BCUT2D eigenvalue weighted by Crippen LogP contribution is -2.31. The van der Waals surface area contributed by atoms with Crippen LogP contribution in [0.2, 0.25) is 0 Å². The summed E-state index contributed by atoms with van der Waals surface area (Å²) < 4.78 is 1.98. The van der Waals surface area contributed by atoms with Crippen molar-refractivity contribution in [3.05, 3.63) is 90.6 Å². The van der Waals surface area contributed by atoms with Gasteiger partial charge in [-0.3, -0.25) is 9.78 Å². The molecule has 1 atom stereocenters. The Bertz CT molecular complexity index is 1210. The highest BCUT2D eigenvalue weighted by Crippen LogP contribution is 2.44. The molecule has 0 bridgehead atoms. The van der Waals surface area contributed by atoms with Gasteiger partial charge in [0.1, 0.15) is 0 Å². The summed E-state index contributed by atoms with van der Waals surface area (Å²) in [5.74, 6) is -0.535. The molecule has 30 heavy (non-hydrogen) atoms. The number of amides is 1. The molecule has 1 aromatic carbocycles. The molecule has 3 aromatic heterocycles. The minimum atomic E-state index is -0.373. The van der Waals surface area contributed by atoms with Gasteiger partial charge >= 0.3 is 0 Å². The predicted octanol–water partition coefficient (Wildman–Crippen LogP) is 3.70. The number of hydrogen-bond acceptors (Lipinski definition) is 4. The molecule has 1 amide bonds. The van der Waals surface area contributed by atoms with E-state index in [-0.39, 0.29) is 17.7 Å². The van der Waals surface area contributed by atoms with Crippen molar-refractivity contribution in [3.63, 3.8) is 0 Å². The highest BCUT2D eigenvalue weighted by atomic mass is 16.3. The van der Waals surface area contributed by atoms with Gasteiger partial charge in [0.25, 0.3) is 5.91 Å². The van der Waals surface area contributed by atoms with E-state index in [1.165, 1.54) is 0 Å². The van der Waals surface area contributed by atoms with E-state index in [4.69, 9.17) is 0 Å². The van der Waals surface area contributed by atoms with Crippen LogP contribution in [0.15, 0.2) is 79.5 Å². The highest BCUT2D eigenvalue weighted by molar-refractivity contribution is 6.08. The summed E-state index contributed by atoms with van der Waals surface area (Å²) in [5, 5.41) is 11.9. The molecule has 1 aliphatic heterocycles. The minimum absolute atomic E-state index is 0.191. The number of para-hydroxylation sites is 1. The average Bonchev–Trinajstić information content (AvgIpc) is 3.50. The third-order valence-electron chi connectivity index (χ3n) is 5.58. The molecule has 0 radical (unpaired) electrons. The number of hydrogen-bond donors (Lipinski definition) is 2. The molecular formula is C23H21N5O2. The van der Waals surface area contributed by atoms with Gasteiger partial charge in [0.05, 0.1) is 12.4 Å². The number of carbonyl (C=O) groups is 1. The van der Waals surface area contributed by atoms with Gasteiger partial charge in [-0.05, 0) is 30.2 Å². The molecule has 0 aliphatic carbocycles. The first-order valence-corrected chi connectivity index (χ1v) is 9.90. The number of aromatic amines is 1. The van der Waals surface area contributed by atoms with Crippen LogP contribution in [0.1, 0.15) is 23.6 Å². The second-order valence-corrected chi connectivity index (χ2v) is 7.35. The lowest BCUT2D eigenvalue weighted by Gasteiger charge is -2.27. The monoisotopic (exact) mass is 399 g/mol. The molecular weight excluding hydrogens is 378 g/mol. The van der Waals surface area contributed by atoms with Gasteiger partial charge in [0.2, 0.25) is 0 Å². The smallest absolute Gasteiger partial charge is 0.289 e. The molecule has 4 heterocycles. The molecule has 0 spiro atoms. The fraction of sp³-hybridized carbons (Fsp3) is 0.174. The number of H-pyrrole nitrogens is 1. The van der Waals surface area contributed by atoms with Gasteiger partial charge in [0, 0.05) is 66.1 Å². The quantitative estimate of drug-likeness (QED) is 0.518. The largest absolute Gasteiger partial charge is 0.503 e. The van der Waals surface area contributed by atoms with Crippen LogP contribution in [0.25, 0.3) is 16.5 Å². The zero-order chi connectivity index (χ0) is 20.5. The number of rotatable bonds is 6. The molecule has 1 aliphatic rings. The Kier molecular flexibility index (Phi) is 4.55. The van der Waals surface area contributed by atoms with Crippen molar-refractivity contribution in [3.8, 4) is 0 Å². The van der Waals surface area contributed by atoms with Crippen molar-refractivity contribution in [2.24, 2.45) is 0 Å². The standard InChI is InChI=1S/C23H21N5O2/c29-22-20(18-14-26-19-5-2-1-4-17(18)19)21(16-6-8-24-9-7-16)28(23(22)30)12-3-11-27-13-10-25-15-27/h1-2,4-10,13-15,21,26,29H,3,11-12H2. The second kappa shape index (κ2) is 7.51. The number of nitrogens with one attached hydrogen (secondary N) is 1. The lowest BCUT2D eigenvalue weighted by molar-refractivity contribution is -0.129. The van der Waals surface area contributed by atoms with E-state index in [0.29, 0.717) is 12.1 Å². The Morgan fingerprint density at radius 1 is 1.03 bits per heavy atom. The first-order valence-electron chi connectivity index (χ1n) is 9.90. The maximum Gasteiger partial charge on any atom is 0.289 e. The van der Waals surface area contributed by atoms with Crippen molar-refractivity contribution in [2.75, 3.05) is 6.54 Å². The maximum atomic E-state index is 13.1. The number of aliphatic hydroxyl groups is 1. The Morgan fingerprint density at radius 3 is 2.67 bits per heavy atom. The topological polar surface area (TPSA) is 87.0 Å². The van der Waals surface area contributed by atoms with Crippen LogP contribution in [-0.2, 0) is 11.3 Å². The number of benzene rings is 1. The fourth-order valence-electron chi connectivity index (χ4n) is 4.19. The van der Waals surface area contributed by atoms with E-state index in [0.717, 1.165) is 35.0 Å². The summed E-state index contributed by atoms with van der Waals surface area (Å²) in [5.41, 5.74) is 3.36. The van der Waals surface area contributed by atoms with Crippen LogP contribution in [0, 0.1) is 0 Å². The molecule has 2 N–H and O–H groups in total. The van der Waals surface area contributed by atoms with E-state index in [2.05, 4.69) is 15.0 Å². The Hall–Kier alpha value is -3.87. The summed E-state index contributed by atoms with van der Waals surface area (Å²) in [6, 6.07) is 11.3. The summed E-state index contributed by atoms with van der Waals surface area (Å²) >= 11 is 0. The van der Waals surface area contributed by atoms with Gasteiger partial charge in [0.15, 0.2) is 5.76 Å². The first-order chi connectivity index (χ1) is 14.7. The van der Waals surface area contributed by atoms with E-state index in [1.54, 1.807) is 29.8 Å². The number of fused-ring (bicyclic) bond motifs is 1. The van der Waals surface area contributed by atoms with Crippen molar-refractivity contribution in [1.29, 1.82) is 0 Å². The highest BCUT2D eigenvalue weighted by Gasteiger charge is 2.41. The summed E-state index contributed by atoms with van der Waals surface area (Å²) in [4.78, 5) is 26.3. The Morgan fingerprint density at radius 2 is 1.87 bits per heavy atom. The number of aromatic nitrogens is 4. The van der Waals surface area contributed by atoms with Gasteiger partial charge in [-0.2, -0.15) is 0 Å². The van der Waals surface area contributed by atoms with Crippen LogP contribution in [0.4, 0.5) is 0 Å². The number of nitrogens with zero attached hydrogens (tertiary/aromatic N) is 4. The van der Waals surface area contributed by atoms with Crippen LogP contribution in [-0.4, -0.2) is 42.0 Å². The van der Waals surface area contributed by atoms with Gasteiger partial charge in [-0.25, -0.2) is 4.98 Å². The van der Waals surface area contributed by atoms with Crippen molar-refractivity contribution >= 4 is 22.4 Å². The zero-order valence-electron chi connectivity index (χ0n) is 16.3. The normalized spacial score (nSPS) is 16.7. The van der Waals surface area contributed by atoms with Gasteiger partial charge < -0.3 is 19.6 Å². The molecule has 0 saturated carbocycles. The molecule has 150 valence electrons. The van der Waals surface area contributed by atoms with Crippen molar-refractivity contribution < 1.29 is 9.90 Å². The number of carbonyl (C=O) groups excluding carboxylic acids is 1. The second-order valence-electron chi connectivity index (χ2n) is 7.35. The van der Waals surface area contributed by atoms with Crippen LogP contribution in [0.5, 0.6) is 0 Å². The SMILES string of the molecule is O=C1C(O)=C(c2c[nH]c3ccccc23)C(c2ccncc2)N1CCCn1ccnc1. The molecule has 7 nitrogen and oxygen atoms in total. The molecule has 5 rings (SSSR count). The van der Waals surface area contributed by atoms with Crippen LogP contribution < -0.4 is 0 Å². The fourth-order valence-corrected chi connectivity index (χ4v) is 4.19.